The van der Waals surface area contributed by atoms with Crippen LogP contribution in [0.15, 0.2) is 12.1 Å². The summed E-state index contributed by atoms with van der Waals surface area (Å²) in [7, 11) is 4.71. The number of aliphatic carboxylic acids is 1. The molecule has 0 aromatic heterocycles. The zero-order chi connectivity index (χ0) is 15.8. The average molecular weight is 297 g/mol. The van der Waals surface area contributed by atoms with Crippen LogP contribution in [0.5, 0.6) is 17.2 Å². The van der Waals surface area contributed by atoms with Crippen molar-refractivity contribution in [1.82, 2.24) is 5.32 Å². The second kappa shape index (κ2) is 8.36. The van der Waals surface area contributed by atoms with E-state index in [-0.39, 0.29) is 12.5 Å². The predicted octanol–water partition coefficient (Wildman–Crippen LogP) is 2.23. The summed E-state index contributed by atoms with van der Waals surface area (Å²) in [5.41, 5.74) is 0.986. The number of nitrogens with one attached hydrogen (secondary N) is 1. The summed E-state index contributed by atoms with van der Waals surface area (Å²) < 4.78 is 15.9. The number of ether oxygens (including phenoxy) is 3. The molecule has 118 valence electrons. The van der Waals surface area contributed by atoms with Gasteiger partial charge >= 0.3 is 5.97 Å². The number of rotatable bonds is 9. The smallest absolute Gasteiger partial charge is 0.303 e. The van der Waals surface area contributed by atoms with Crippen LogP contribution in [0.4, 0.5) is 0 Å². The van der Waals surface area contributed by atoms with E-state index in [9.17, 15) is 4.79 Å². The number of carboxylic acids is 1. The minimum Gasteiger partial charge on any atom is -0.493 e. The lowest BCUT2D eigenvalue weighted by atomic mass is 10.1. The molecule has 0 fully saturated rings. The van der Waals surface area contributed by atoms with Crippen molar-refractivity contribution >= 4 is 5.97 Å². The molecule has 6 nitrogen and oxygen atoms in total. The molecule has 1 aromatic carbocycles. The molecule has 0 aliphatic rings. The van der Waals surface area contributed by atoms with E-state index in [1.807, 2.05) is 19.1 Å². The summed E-state index contributed by atoms with van der Waals surface area (Å²) in [4.78, 5) is 10.5. The van der Waals surface area contributed by atoms with Crippen molar-refractivity contribution in [2.75, 3.05) is 27.9 Å². The van der Waals surface area contributed by atoms with E-state index >= 15 is 0 Å². The van der Waals surface area contributed by atoms with Crippen molar-refractivity contribution in [2.24, 2.45) is 0 Å². The topological polar surface area (TPSA) is 77.0 Å². The van der Waals surface area contributed by atoms with Crippen molar-refractivity contribution < 1.29 is 24.1 Å². The Morgan fingerprint density at radius 1 is 1.19 bits per heavy atom. The van der Waals surface area contributed by atoms with Gasteiger partial charge < -0.3 is 24.6 Å². The highest BCUT2D eigenvalue weighted by molar-refractivity contribution is 5.66. The van der Waals surface area contributed by atoms with Gasteiger partial charge in [0.15, 0.2) is 11.5 Å². The fourth-order valence-corrected chi connectivity index (χ4v) is 2.03. The maximum absolute atomic E-state index is 10.5. The van der Waals surface area contributed by atoms with Crippen LogP contribution in [-0.2, 0) is 4.79 Å². The molecule has 6 heteroatoms. The molecule has 1 aromatic rings. The molecule has 0 saturated carbocycles. The van der Waals surface area contributed by atoms with Crippen molar-refractivity contribution in [3.8, 4) is 17.2 Å². The fourth-order valence-electron chi connectivity index (χ4n) is 2.03. The van der Waals surface area contributed by atoms with Gasteiger partial charge in [0, 0.05) is 12.5 Å². The van der Waals surface area contributed by atoms with E-state index in [4.69, 9.17) is 19.3 Å². The quantitative estimate of drug-likeness (QED) is 0.681. The van der Waals surface area contributed by atoms with Gasteiger partial charge in [0.2, 0.25) is 5.75 Å². The molecule has 2 N–H and O–H groups in total. The van der Waals surface area contributed by atoms with E-state index in [1.165, 1.54) is 0 Å². The minimum atomic E-state index is -0.780. The van der Waals surface area contributed by atoms with Crippen molar-refractivity contribution in [3.05, 3.63) is 17.7 Å². The minimum absolute atomic E-state index is 0.0486. The second-order valence-corrected chi connectivity index (χ2v) is 4.63. The van der Waals surface area contributed by atoms with Gasteiger partial charge in [0.05, 0.1) is 21.3 Å². The highest BCUT2D eigenvalue weighted by Gasteiger charge is 2.16. The monoisotopic (exact) mass is 297 g/mol. The molecule has 1 atom stereocenters. The Balaban J connectivity index is 2.79. The summed E-state index contributed by atoms with van der Waals surface area (Å²) >= 11 is 0. The molecule has 0 aliphatic carbocycles. The lowest BCUT2D eigenvalue weighted by Gasteiger charge is -2.18. The Morgan fingerprint density at radius 2 is 1.76 bits per heavy atom. The predicted molar refractivity (Wildman–Crippen MR) is 79.4 cm³/mol. The zero-order valence-corrected chi connectivity index (χ0v) is 12.9. The molecular weight excluding hydrogens is 274 g/mol. The largest absolute Gasteiger partial charge is 0.493 e. The highest BCUT2D eigenvalue weighted by Crippen LogP contribution is 2.39. The van der Waals surface area contributed by atoms with Crippen LogP contribution in [0.25, 0.3) is 0 Å². The molecule has 1 rings (SSSR count). The lowest BCUT2D eigenvalue weighted by Crippen LogP contribution is -2.20. The molecule has 0 heterocycles. The molecule has 0 bridgehead atoms. The number of hydrogen-bond donors (Lipinski definition) is 2. The number of methoxy groups -OCH3 is 3. The van der Waals surface area contributed by atoms with E-state index < -0.39 is 5.97 Å². The number of carbonyl (C=O) groups is 1. The van der Waals surface area contributed by atoms with Crippen LogP contribution in [0.1, 0.15) is 31.4 Å². The van der Waals surface area contributed by atoms with Gasteiger partial charge in [-0.15, -0.1) is 0 Å². The summed E-state index contributed by atoms with van der Waals surface area (Å²) in [5, 5.41) is 11.9. The third kappa shape index (κ3) is 4.82. The normalized spacial score (nSPS) is 11.8. The first-order chi connectivity index (χ1) is 10.0. The van der Waals surface area contributed by atoms with Crippen LogP contribution >= 0.6 is 0 Å². The van der Waals surface area contributed by atoms with Crippen molar-refractivity contribution in [3.63, 3.8) is 0 Å². The molecule has 0 aliphatic heterocycles. The standard InChI is InChI=1S/C15H23NO5/c1-10(16-7-5-6-14(17)18)11-8-12(19-2)15(21-4)13(9-11)20-3/h8-10,16H,5-7H2,1-4H3,(H,17,18). The van der Waals surface area contributed by atoms with Crippen LogP contribution in [0.2, 0.25) is 0 Å². The van der Waals surface area contributed by atoms with Gasteiger partial charge in [-0.2, -0.15) is 0 Å². The van der Waals surface area contributed by atoms with Gasteiger partial charge in [-0.05, 0) is 37.6 Å². The SMILES string of the molecule is COc1cc(C(C)NCCCC(=O)O)cc(OC)c1OC. The Labute approximate surface area is 125 Å². The molecule has 0 amide bonds. The number of carboxylic acid groups (broad SMARTS) is 1. The van der Waals surface area contributed by atoms with Gasteiger partial charge in [0.25, 0.3) is 0 Å². The highest BCUT2D eigenvalue weighted by atomic mass is 16.5. The van der Waals surface area contributed by atoms with Crippen LogP contribution in [0, 0.1) is 0 Å². The van der Waals surface area contributed by atoms with E-state index in [0.717, 1.165) is 5.56 Å². The van der Waals surface area contributed by atoms with Crippen molar-refractivity contribution in [2.45, 2.75) is 25.8 Å². The van der Waals surface area contributed by atoms with Crippen LogP contribution < -0.4 is 19.5 Å². The Kier molecular flexibility index (Phi) is 6.81. The third-order valence-corrected chi connectivity index (χ3v) is 3.20. The van der Waals surface area contributed by atoms with Crippen molar-refractivity contribution in [1.29, 1.82) is 0 Å². The first kappa shape index (κ1) is 17.1. The Hall–Kier alpha value is -1.95. The summed E-state index contributed by atoms with van der Waals surface area (Å²) in [6, 6.07) is 3.82. The molecule has 1 unspecified atom stereocenters. The first-order valence-corrected chi connectivity index (χ1v) is 6.78. The third-order valence-electron chi connectivity index (χ3n) is 3.20. The number of benzene rings is 1. The first-order valence-electron chi connectivity index (χ1n) is 6.78. The summed E-state index contributed by atoms with van der Waals surface area (Å²) in [5.74, 6) is 0.983. The summed E-state index contributed by atoms with van der Waals surface area (Å²) in [6.07, 6.45) is 0.749. The maximum atomic E-state index is 10.5. The number of hydrogen-bond acceptors (Lipinski definition) is 5. The zero-order valence-electron chi connectivity index (χ0n) is 12.9. The Morgan fingerprint density at radius 3 is 2.19 bits per heavy atom. The lowest BCUT2D eigenvalue weighted by molar-refractivity contribution is -0.137. The van der Waals surface area contributed by atoms with Gasteiger partial charge in [-0.25, -0.2) is 0 Å². The van der Waals surface area contributed by atoms with E-state index in [1.54, 1.807) is 21.3 Å². The van der Waals surface area contributed by atoms with Crippen LogP contribution in [-0.4, -0.2) is 38.9 Å². The molecular formula is C15H23NO5. The van der Waals surface area contributed by atoms with Gasteiger partial charge in [0.1, 0.15) is 0 Å². The van der Waals surface area contributed by atoms with Crippen LogP contribution in [0.3, 0.4) is 0 Å². The molecule has 21 heavy (non-hydrogen) atoms. The average Bonchev–Trinajstić information content (AvgIpc) is 2.49. The van der Waals surface area contributed by atoms with Gasteiger partial charge in [-0.1, -0.05) is 0 Å². The molecule has 0 radical (unpaired) electrons. The molecule has 0 saturated heterocycles. The van der Waals surface area contributed by atoms with Gasteiger partial charge in [-0.3, -0.25) is 4.79 Å². The Bertz CT molecular complexity index is 450. The second-order valence-electron chi connectivity index (χ2n) is 4.63. The van der Waals surface area contributed by atoms with E-state index in [2.05, 4.69) is 5.32 Å². The summed E-state index contributed by atoms with van der Waals surface area (Å²) in [6.45, 7) is 2.63. The van der Waals surface area contributed by atoms with E-state index in [0.29, 0.717) is 30.2 Å². The fraction of sp³-hybridized carbons (Fsp3) is 0.533. The maximum Gasteiger partial charge on any atom is 0.303 e. The molecule has 0 spiro atoms.